The van der Waals surface area contributed by atoms with E-state index in [-0.39, 0.29) is 17.2 Å². The van der Waals surface area contributed by atoms with Crippen LogP contribution in [0.3, 0.4) is 0 Å². The zero-order valence-electron chi connectivity index (χ0n) is 9.36. The number of anilines is 1. The third kappa shape index (κ3) is 2.17. The maximum atomic E-state index is 10.7. The minimum atomic E-state index is -1.18. The Morgan fingerprint density at radius 3 is 2.67 bits per heavy atom. The van der Waals surface area contributed by atoms with Crippen molar-refractivity contribution in [3.63, 3.8) is 0 Å². The second-order valence-corrected chi connectivity index (χ2v) is 3.26. The Morgan fingerprint density at radius 1 is 1.39 bits per heavy atom. The lowest BCUT2D eigenvalue weighted by Gasteiger charge is -2.03. The van der Waals surface area contributed by atoms with Gasteiger partial charge in [-0.15, -0.1) is 10.2 Å². The largest absolute Gasteiger partial charge is 0.480 e. The van der Waals surface area contributed by atoms with E-state index in [1.54, 1.807) is 12.1 Å². The zero-order chi connectivity index (χ0) is 13.1. The van der Waals surface area contributed by atoms with Crippen LogP contribution in [0.5, 0.6) is 5.88 Å². The Hall–Kier alpha value is -2.77. The average molecular weight is 247 g/mol. The molecule has 0 aromatic carbocycles. The van der Waals surface area contributed by atoms with Crippen LogP contribution in [0, 0.1) is 0 Å². The molecule has 18 heavy (non-hydrogen) atoms. The second kappa shape index (κ2) is 4.62. The molecule has 2 aromatic rings. The summed E-state index contributed by atoms with van der Waals surface area (Å²) in [4.78, 5) is 18.5. The van der Waals surface area contributed by atoms with Gasteiger partial charge in [-0.25, -0.2) is 14.8 Å². The number of methoxy groups -OCH3 is 1. The van der Waals surface area contributed by atoms with Crippen LogP contribution in [0.1, 0.15) is 10.4 Å². The Morgan fingerprint density at radius 2 is 2.17 bits per heavy atom. The SMILES string of the molecule is COc1ccc(-c2ncc(C(=O)O)c(N)n2)nn1. The Balaban J connectivity index is 2.39. The van der Waals surface area contributed by atoms with Crippen molar-refractivity contribution in [2.75, 3.05) is 12.8 Å². The Kier molecular flexibility index (Phi) is 3.00. The summed E-state index contributed by atoms with van der Waals surface area (Å²) in [5.74, 6) is -0.744. The maximum Gasteiger partial charge on any atom is 0.341 e. The smallest absolute Gasteiger partial charge is 0.341 e. The molecule has 0 aliphatic heterocycles. The summed E-state index contributed by atoms with van der Waals surface area (Å²) in [6.45, 7) is 0. The molecule has 8 nitrogen and oxygen atoms in total. The molecule has 0 radical (unpaired) electrons. The molecule has 0 saturated heterocycles. The molecule has 0 saturated carbocycles. The standard InChI is InChI=1S/C10H9N5O3/c1-18-7-3-2-6(14-15-7)9-12-4-5(10(16)17)8(11)13-9/h2-4H,1H3,(H,16,17)(H2,11,12,13). The molecule has 0 spiro atoms. The van der Waals surface area contributed by atoms with Gasteiger partial charge in [-0.2, -0.15) is 0 Å². The molecular weight excluding hydrogens is 238 g/mol. The van der Waals surface area contributed by atoms with Gasteiger partial charge in [0, 0.05) is 12.3 Å². The summed E-state index contributed by atoms with van der Waals surface area (Å²) in [5.41, 5.74) is 5.73. The fraction of sp³-hybridized carbons (Fsp3) is 0.100. The molecule has 0 unspecified atom stereocenters. The van der Waals surface area contributed by atoms with Gasteiger partial charge >= 0.3 is 5.97 Å². The molecule has 2 aromatic heterocycles. The topological polar surface area (TPSA) is 124 Å². The number of nitrogen functional groups attached to an aromatic ring is 1. The van der Waals surface area contributed by atoms with Crippen molar-refractivity contribution < 1.29 is 14.6 Å². The zero-order valence-corrected chi connectivity index (χ0v) is 9.36. The van der Waals surface area contributed by atoms with Crippen LogP contribution in [-0.2, 0) is 0 Å². The molecular formula is C10H9N5O3. The third-order valence-corrected chi connectivity index (χ3v) is 2.13. The number of aromatic nitrogens is 4. The highest BCUT2D eigenvalue weighted by Crippen LogP contribution is 2.16. The number of hydrogen-bond acceptors (Lipinski definition) is 7. The van der Waals surface area contributed by atoms with E-state index in [1.165, 1.54) is 7.11 Å². The number of rotatable bonds is 3. The summed E-state index contributed by atoms with van der Waals surface area (Å²) < 4.78 is 4.86. The van der Waals surface area contributed by atoms with Gasteiger partial charge in [0.05, 0.1) is 7.11 Å². The lowest BCUT2D eigenvalue weighted by molar-refractivity contribution is 0.0697. The molecule has 0 bridgehead atoms. The molecule has 0 aliphatic rings. The summed E-state index contributed by atoms with van der Waals surface area (Å²) >= 11 is 0. The van der Waals surface area contributed by atoms with Crippen LogP contribution in [0.25, 0.3) is 11.5 Å². The first-order chi connectivity index (χ1) is 8.61. The molecule has 92 valence electrons. The van der Waals surface area contributed by atoms with Crippen LogP contribution in [0.2, 0.25) is 0 Å². The van der Waals surface area contributed by atoms with Crippen molar-refractivity contribution >= 4 is 11.8 Å². The third-order valence-electron chi connectivity index (χ3n) is 2.13. The Bertz CT molecular complexity index is 585. The summed E-state index contributed by atoms with van der Waals surface area (Å²) in [6, 6.07) is 3.19. The quantitative estimate of drug-likeness (QED) is 0.789. The van der Waals surface area contributed by atoms with Crippen molar-refractivity contribution in [3.05, 3.63) is 23.9 Å². The van der Waals surface area contributed by atoms with E-state index in [1.807, 2.05) is 0 Å². The summed E-state index contributed by atoms with van der Waals surface area (Å²) in [5, 5.41) is 16.4. The predicted octanol–water partition coefficient (Wildman–Crippen LogP) is 0.223. The number of nitrogens with two attached hydrogens (primary N) is 1. The normalized spacial score (nSPS) is 10.1. The van der Waals surface area contributed by atoms with Crippen LogP contribution in [0.15, 0.2) is 18.3 Å². The number of carboxylic acid groups (broad SMARTS) is 1. The number of nitrogens with zero attached hydrogens (tertiary/aromatic N) is 4. The van der Waals surface area contributed by atoms with Crippen molar-refractivity contribution in [2.24, 2.45) is 0 Å². The number of carboxylic acids is 1. The molecule has 0 amide bonds. The highest BCUT2D eigenvalue weighted by Gasteiger charge is 2.12. The molecule has 2 heterocycles. The van der Waals surface area contributed by atoms with E-state index >= 15 is 0 Å². The van der Waals surface area contributed by atoms with Gasteiger partial charge in [0.15, 0.2) is 5.82 Å². The van der Waals surface area contributed by atoms with Gasteiger partial charge in [-0.1, -0.05) is 0 Å². The fourth-order valence-corrected chi connectivity index (χ4v) is 1.23. The number of hydrogen-bond donors (Lipinski definition) is 2. The van der Waals surface area contributed by atoms with Crippen LogP contribution in [-0.4, -0.2) is 38.4 Å². The van der Waals surface area contributed by atoms with Gasteiger partial charge in [0.1, 0.15) is 17.1 Å². The van der Waals surface area contributed by atoms with E-state index in [4.69, 9.17) is 15.6 Å². The lowest BCUT2D eigenvalue weighted by Crippen LogP contribution is -2.07. The minimum absolute atomic E-state index is 0.120. The lowest BCUT2D eigenvalue weighted by atomic mass is 10.3. The first-order valence-electron chi connectivity index (χ1n) is 4.85. The first-order valence-corrected chi connectivity index (χ1v) is 4.85. The monoisotopic (exact) mass is 247 g/mol. The Labute approximate surface area is 101 Å². The highest BCUT2D eigenvalue weighted by molar-refractivity contribution is 5.92. The van der Waals surface area contributed by atoms with Crippen molar-refractivity contribution in [1.82, 2.24) is 20.2 Å². The van der Waals surface area contributed by atoms with Gasteiger partial charge in [-0.05, 0) is 6.07 Å². The van der Waals surface area contributed by atoms with Gasteiger partial charge in [0.25, 0.3) is 0 Å². The van der Waals surface area contributed by atoms with Crippen LogP contribution < -0.4 is 10.5 Å². The van der Waals surface area contributed by atoms with E-state index in [0.717, 1.165) is 6.20 Å². The number of ether oxygens (including phenoxy) is 1. The molecule has 0 fully saturated rings. The van der Waals surface area contributed by atoms with E-state index in [2.05, 4.69) is 20.2 Å². The van der Waals surface area contributed by atoms with Gasteiger partial charge in [-0.3, -0.25) is 0 Å². The molecule has 3 N–H and O–H groups in total. The van der Waals surface area contributed by atoms with Crippen LogP contribution in [0.4, 0.5) is 5.82 Å². The van der Waals surface area contributed by atoms with E-state index in [9.17, 15) is 4.79 Å². The summed E-state index contributed by atoms with van der Waals surface area (Å²) in [6.07, 6.45) is 1.13. The molecule has 0 aliphatic carbocycles. The fourth-order valence-electron chi connectivity index (χ4n) is 1.23. The van der Waals surface area contributed by atoms with Crippen LogP contribution >= 0.6 is 0 Å². The van der Waals surface area contributed by atoms with Gasteiger partial charge in [0.2, 0.25) is 5.88 Å². The molecule has 0 atom stereocenters. The van der Waals surface area contributed by atoms with Crippen molar-refractivity contribution in [1.29, 1.82) is 0 Å². The van der Waals surface area contributed by atoms with Gasteiger partial charge < -0.3 is 15.6 Å². The second-order valence-electron chi connectivity index (χ2n) is 3.26. The highest BCUT2D eigenvalue weighted by atomic mass is 16.5. The van der Waals surface area contributed by atoms with Crippen molar-refractivity contribution in [3.8, 4) is 17.4 Å². The minimum Gasteiger partial charge on any atom is -0.480 e. The molecule has 8 heteroatoms. The first kappa shape index (κ1) is 11.7. The van der Waals surface area contributed by atoms with E-state index in [0.29, 0.717) is 11.6 Å². The number of aromatic carboxylic acids is 1. The average Bonchev–Trinajstić information content (AvgIpc) is 2.38. The predicted molar refractivity (Wildman–Crippen MR) is 61.0 cm³/mol. The number of carbonyl (C=O) groups is 1. The molecule has 2 rings (SSSR count). The van der Waals surface area contributed by atoms with Crippen molar-refractivity contribution in [2.45, 2.75) is 0 Å². The van der Waals surface area contributed by atoms with E-state index < -0.39 is 5.97 Å². The summed E-state index contributed by atoms with van der Waals surface area (Å²) in [7, 11) is 1.47. The maximum absolute atomic E-state index is 10.7.